The fourth-order valence-electron chi connectivity index (χ4n) is 3.01. The second kappa shape index (κ2) is 5.11. The highest BCUT2D eigenvalue weighted by atomic mass is 32.2. The fraction of sp³-hybridized carbons (Fsp3) is 0.733. The van der Waals surface area contributed by atoms with Crippen molar-refractivity contribution in [2.24, 2.45) is 10.8 Å². The number of sulfonamides is 1. The summed E-state index contributed by atoms with van der Waals surface area (Å²) in [6.45, 7) is 11.8. The molecule has 0 unspecified atom stereocenters. The van der Waals surface area contributed by atoms with Crippen molar-refractivity contribution in [1.82, 2.24) is 14.6 Å². The van der Waals surface area contributed by atoms with Gasteiger partial charge in [0.25, 0.3) is 0 Å². The first-order valence-electron chi connectivity index (χ1n) is 7.44. The molecular formula is C15H27N3O2S. The van der Waals surface area contributed by atoms with Crippen LogP contribution in [0.5, 0.6) is 0 Å². The van der Waals surface area contributed by atoms with Crippen molar-refractivity contribution < 1.29 is 8.42 Å². The van der Waals surface area contributed by atoms with Crippen LogP contribution in [0.2, 0.25) is 0 Å². The van der Waals surface area contributed by atoms with Gasteiger partial charge < -0.3 is 9.88 Å². The number of hydrogen-bond acceptors (Lipinski definition) is 3. The average Bonchev–Trinajstić information content (AvgIpc) is 2.72. The zero-order chi connectivity index (χ0) is 16.1. The highest BCUT2D eigenvalue weighted by Gasteiger charge is 2.66. The van der Waals surface area contributed by atoms with Gasteiger partial charge in [0.15, 0.2) is 0 Å². The van der Waals surface area contributed by atoms with Crippen LogP contribution >= 0.6 is 0 Å². The van der Waals surface area contributed by atoms with Crippen molar-refractivity contribution >= 4 is 10.0 Å². The Kier molecular flexibility index (Phi) is 4.02. The van der Waals surface area contributed by atoms with Gasteiger partial charge in [-0.05, 0) is 30.9 Å². The Hall–Kier alpha value is -0.850. The SMILES string of the molecule is CCn1cc(S(=O)(=O)NC2C(C)(C)C2(C)C)cc1CNC. The van der Waals surface area contributed by atoms with Gasteiger partial charge in [0.05, 0.1) is 4.90 Å². The van der Waals surface area contributed by atoms with E-state index in [-0.39, 0.29) is 16.9 Å². The molecule has 2 rings (SSSR count). The first-order valence-corrected chi connectivity index (χ1v) is 8.92. The van der Waals surface area contributed by atoms with Gasteiger partial charge in [-0.3, -0.25) is 0 Å². The fourth-order valence-corrected chi connectivity index (χ4v) is 4.60. The quantitative estimate of drug-likeness (QED) is 0.843. The minimum absolute atomic E-state index is 0.0127. The van der Waals surface area contributed by atoms with Crippen LogP contribution in [0, 0.1) is 10.8 Å². The lowest BCUT2D eigenvalue weighted by atomic mass is 10.0. The molecule has 5 nitrogen and oxygen atoms in total. The van der Waals surface area contributed by atoms with Gasteiger partial charge in [0, 0.05) is 31.0 Å². The van der Waals surface area contributed by atoms with Gasteiger partial charge in [-0.25, -0.2) is 13.1 Å². The van der Waals surface area contributed by atoms with Gasteiger partial charge in [0.1, 0.15) is 0 Å². The second-order valence-electron chi connectivity index (χ2n) is 6.98. The number of nitrogens with zero attached hydrogens (tertiary/aromatic N) is 1. The molecule has 0 amide bonds. The van der Waals surface area contributed by atoms with Crippen molar-refractivity contribution in [2.45, 2.75) is 58.6 Å². The molecule has 0 aromatic carbocycles. The van der Waals surface area contributed by atoms with Crippen LogP contribution in [0.15, 0.2) is 17.2 Å². The standard InChI is InChI=1S/C15H27N3O2S/c1-7-18-10-12(8-11(18)9-16-6)21(19,20)17-13-14(2,3)15(13,4)5/h8,10,13,16-17H,7,9H2,1-6H3. The molecule has 1 aromatic heterocycles. The number of aryl methyl sites for hydroxylation is 1. The maximum absolute atomic E-state index is 12.6. The van der Waals surface area contributed by atoms with Crippen LogP contribution < -0.4 is 10.0 Å². The topological polar surface area (TPSA) is 63.1 Å². The summed E-state index contributed by atoms with van der Waals surface area (Å²) in [5.41, 5.74) is 0.956. The van der Waals surface area contributed by atoms with E-state index in [9.17, 15) is 8.42 Å². The lowest BCUT2D eigenvalue weighted by Gasteiger charge is -2.06. The molecule has 0 spiro atoms. The molecule has 1 saturated carbocycles. The van der Waals surface area contributed by atoms with Gasteiger partial charge in [-0.15, -0.1) is 0 Å². The number of nitrogens with one attached hydrogen (secondary N) is 2. The lowest BCUT2D eigenvalue weighted by molar-refractivity contribution is 0.457. The van der Waals surface area contributed by atoms with E-state index in [2.05, 4.69) is 37.7 Å². The van der Waals surface area contributed by atoms with E-state index in [1.165, 1.54) is 0 Å². The average molecular weight is 313 g/mol. The number of hydrogen-bond donors (Lipinski definition) is 2. The minimum atomic E-state index is -3.47. The van der Waals surface area contributed by atoms with Crippen LogP contribution in [0.3, 0.4) is 0 Å². The smallest absolute Gasteiger partial charge is 0.242 e. The maximum atomic E-state index is 12.6. The molecule has 0 radical (unpaired) electrons. The van der Waals surface area contributed by atoms with Crippen molar-refractivity contribution in [2.75, 3.05) is 7.05 Å². The van der Waals surface area contributed by atoms with Gasteiger partial charge in [0.2, 0.25) is 10.0 Å². The zero-order valence-corrected chi connectivity index (χ0v) is 14.6. The van der Waals surface area contributed by atoms with Crippen LogP contribution in [-0.4, -0.2) is 26.1 Å². The van der Waals surface area contributed by atoms with Crippen LogP contribution in [0.1, 0.15) is 40.3 Å². The molecule has 1 aliphatic carbocycles. The monoisotopic (exact) mass is 313 g/mol. The minimum Gasteiger partial charge on any atom is -0.349 e. The van der Waals surface area contributed by atoms with Gasteiger partial charge in [-0.2, -0.15) is 0 Å². The summed E-state index contributed by atoms with van der Waals surface area (Å²) in [6.07, 6.45) is 1.72. The molecule has 6 heteroatoms. The van der Waals surface area contributed by atoms with E-state index in [0.29, 0.717) is 11.4 Å². The Balaban J connectivity index is 2.25. The predicted octanol–water partition coefficient (Wildman–Crippen LogP) is 1.94. The molecule has 1 aromatic rings. The van der Waals surface area contributed by atoms with Crippen molar-refractivity contribution in [3.05, 3.63) is 18.0 Å². The highest BCUT2D eigenvalue weighted by Crippen LogP contribution is 2.62. The lowest BCUT2D eigenvalue weighted by Crippen LogP contribution is -2.29. The number of aromatic nitrogens is 1. The first-order chi connectivity index (χ1) is 9.57. The summed E-state index contributed by atoms with van der Waals surface area (Å²) >= 11 is 0. The molecule has 0 aliphatic heterocycles. The highest BCUT2D eigenvalue weighted by molar-refractivity contribution is 7.89. The summed E-state index contributed by atoms with van der Waals surface area (Å²) in [6, 6.07) is 1.73. The van der Waals surface area contributed by atoms with E-state index in [1.54, 1.807) is 12.3 Å². The van der Waals surface area contributed by atoms with Gasteiger partial charge >= 0.3 is 0 Å². The summed E-state index contributed by atoms with van der Waals surface area (Å²) in [5, 5.41) is 3.07. The molecule has 120 valence electrons. The van der Waals surface area contributed by atoms with E-state index in [1.807, 2.05) is 18.5 Å². The van der Waals surface area contributed by atoms with Crippen molar-refractivity contribution in [3.8, 4) is 0 Å². The summed E-state index contributed by atoms with van der Waals surface area (Å²) in [5.74, 6) is 0. The summed E-state index contributed by atoms with van der Waals surface area (Å²) in [4.78, 5) is 0.355. The third-order valence-corrected chi connectivity index (χ3v) is 6.65. The number of rotatable bonds is 6. The summed E-state index contributed by atoms with van der Waals surface area (Å²) in [7, 11) is -1.61. The van der Waals surface area contributed by atoms with E-state index < -0.39 is 10.0 Å². The Labute approximate surface area is 128 Å². The summed E-state index contributed by atoms with van der Waals surface area (Å²) < 4.78 is 30.0. The zero-order valence-electron chi connectivity index (χ0n) is 13.8. The molecule has 0 atom stereocenters. The Morgan fingerprint density at radius 2 is 1.81 bits per heavy atom. The molecule has 0 bridgehead atoms. The van der Waals surface area contributed by atoms with Crippen LogP contribution in [-0.2, 0) is 23.1 Å². The third kappa shape index (κ3) is 2.64. The predicted molar refractivity (Wildman–Crippen MR) is 84.5 cm³/mol. The van der Waals surface area contributed by atoms with E-state index in [4.69, 9.17) is 0 Å². The van der Waals surface area contributed by atoms with E-state index >= 15 is 0 Å². The van der Waals surface area contributed by atoms with Gasteiger partial charge in [-0.1, -0.05) is 27.7 Å². The molecule has 2 N–H and O–H groups in total. The second-order valence-corrected chi connectivity index (χ2v) is 8.70. The van der Waals surface area contributed by atoms with E-state index in [0.717, 1.165) is 12.2 Å². The van der Waals surface area contributed by atoms with Crippen LogP contribution in [0.25, 0.3) is 0 Å². The largest absolute Gasteiger partial charge is 0.349 e. The molecule has 0 saturated heterocycles. The Morgan fingerprint density at radius 3 is 2.24 bits per heavy atom. The Morgan fingerprint density at radius 1 is 1.24 bits per heavy atom. The molecule has 1 aliphatic rings. The van der Waals surface area contributed by atoms with Crippen LogP contribution in [0.4, 0.5) is 0 Å². The molecule has 21 heavy (non-hydrogen) atoms. The molecular weight excluding hydrogens is 286 g/mol. The first kappa shape index (κ1) is 16.5. The third-order valence-electron chi connectivity index (χ3n) is 5.26. The Bertz CT molecular complexity index is 615. The molecule has 1 heterocycles. The molecule has 1 fully saturated rings. The maximum Gasteiger partial charge on any atom is 0.242 e. The van der Waals surface area contributed by atoms with Crippen molar-refractivity contribution in [3.63, 3.8) is 0 Å². The normalized spacial score (nSPS) is 20.7. The van der Waals surface area contributed by atoms with Crippen molar-refractivity contribution in [1.29, 1.82) is 0 Å².